The normalized spacial score (nSPS) is 11.7. The standard InChI is InChI=1S/C57H33N3/c58-34-35-19-21-37(22-20-35)45-14-4-5-15-46(45)52-33-51(59-57(60-52)42-9-2-1-3-10-42)38-25-23-36(24-26-38)44-31-43-30-29-41-12-7-17-48-47-16-6-11-39-27-28-40-13-8-18-49(55(40)53(39)47)50(32-44)56(43)54(41)48/h1-33H. The molecule has 3 heteroatoms. The molecular weight excluding hydrogens is 727 g/mol. The van der Waals surface area contributed by atoms with Gasteiger partial charge in [0, 0.05) is 16.7 Å². The minimum atomic E-state index is 0.632. The molecule has 0 amide bonds. The fourth-order valence-electron chi connectivity index (χ4n) is 9.42. The van der Waals surface area contributed by atoms with E-state index in [0.29, 0.717) is 11.4 Å². The summed E-state index contributed by atoms with van der Waals surface area (Å²) >= 11 is 0. The monoisotopic (exact) mass is 759 g/mol. The number of hydrogen-bond acceptors (Lipinski definition) is 3. The molecular formula is C57H33N3. The lowest BCUT2D eigenvalue weighted by atomic mass is 9.86. The van der Waals surface area contributed by atoms with Crippen molar-refractivity contribution in [3.63, 3.8) is 0 Å². The van der Waals surface area contributed by atoms with Crippen LogP contribution in [0.25, 0.3) is 121 Å². The summed E-state index contributed by atoms with van der Waals surface area (Å²) in [4.78, 5) is 10.3. The molecule has 12 aromatic rings. The van der Waals surface area contributed by atoms with Crippen molar-refractivity contribution in [3.8, 4) is 62.2 Å². The van der Waals surface area contributed by atoms with Crippen LogP contribution in [0.4, 0.5) is 0 Å². The quantitative estimate of drug-likeness (QED) is 0.164. The number of nitrogens with zero attached hydrogens (tertiary/aromatic N) is 3. The van der Waals surface area contributed by atoms with E-state index in [2.05, 4.69) is 152 Å². The first-order valence-corrected chi connectivity index (χ1v) is 20.3. The van der Waals surface area contributed by atoms with Gasteiger partial charge in [-0.25, -0.2) is 9.97 Å². The molecule has 12 rings (SSSR count). The Morgan fingerprint density at radius 1 is 0.317 bits per heavy atom. The molecule has 0 atom stereocenters. The van der Waals surface area contributed by atoms with Crippen LogP contribution in [0.2, 0.25) is 0 Å². The second-order valence-corrected chi connectivity index (χ2v) is 15.6. The molecule has 0 spiro atoms. The van der Waals surface area contributed by atoms with Gasteiger partial charge in [0.1, 0.15) is 0 Å². The Morgan fingerprint density at radius 2 is 0.833 bits per heavy atom. The highest BCUT2D eigenvalue weighted by atomic mass is 14.9. The molecule has 0 bridgehead atoms. The molecule has 0 unspecified atom stereocenters. The van der Waals surface area contributed by atoms with Gasteiger partial charge in [-0.2, -0.15) is 5.26 Å². The summed E-state index contributed by atoms with van der Waals surface area (Å²) in [5.41, 5.74) is 9.66. The molecule has 0 fully saturated rings. The molecule has 0 saturated heterocycles. The van der Waals surface area contributed by atoms with Crippen LogP contribution in [0, 0.1) is 11.3 Å². The Bertz CT molecular complexity index is 3690. The molecule has 276 valence electrons. The van der Waals surface area contributed by atoms with Crippen molar-refractivity contribution in [2.75, 3.05) is 0 Å². The number of nitriles is 1. The van der Waals surface area contributed by atoms with Crippen molar-refractivity contribution in [3.05, 3.63) is 206 Å². The van der Waals surface area contributed by atoms with Crippen LogP contribution in [0.1, 0.15) is 5.56 Å². The van der Waals surface area contributed by atoms with Crippen LogP contribution < -0.4 is 0 Å². The largest absolute Gasteiger partial charge is 0.228 e. The van der Waals surface area contributed by atoms with Crippen LogP contribution in [0.15, 0.2) is 200 Å². The maximum Gasteiger partial charge on any atom is 0.160 e. The number of aromatic nitrogens is 2. The van der Waals surface area contributed by atoms with E-state index in [1.54, 1.807) is 0 Å². The zero-order valence-corrected chi connectivity index (χ0v) is 32.4. The minimum Gasteiger partial charge on any atom is -0.228 e. The van der Waals surface area contributed by atoms with E-state index in [0.717, 1.165) is 44.8 Å². The molecule has 0 radical (unpaired) electrons. The molecule has 0 aliphatic carbocycles. The number of fused-ring (bicyclic) bond motifs is 2. The summed E-state index contributed by atoms with van der Waals surface area (Å²) in [6.45, 7) is 0. The Kier molecular flexibility index (Phi) is 7.60. The van der Waals surface area contributed by atoms with Crippen molar-refractivity contribution >= 4 is 64.6 Å². The third-order valence-corrected chi connectivity index (χ3v) is 12.2. The van der Waals surface area contributed by atoms with E-state index in [-0.39, 0.29) is 0 Å². The number of hydrogen-bond donors (Lipinski definition) is 0. The first-order chi connectivity index (χ1) is 29.7. The number of rotatable bonds is 5. The average Bonchev–Trinajstić information content (AvgIpc) is 3.32. The van der Waals surface area contributed by atoms with Gasteiger partial charge < -0.3 is 0 Å². The van der Waals surface area contributed by atoms with Crippen molar-refractivity contribution in [1.29, 1.82) is 5.26 Å². The summed E-state index contributed by atoms with van der Waals surface area (Å²) < 4.78 is 0. The molecule has 0 aliphatic heterocycles. The molecule has 60 heavy (non-hydrogen) atoms. The van der Waals surface area contributed by atoms with Gasteiger partial charge in [0.15, 0.2) is 5.82 Å². The summed E-state index contributed by atoms with van der Waals surface area (Å²) in [5, 5.41) is 24.7. The van der Waals surface area contributed by atoms with E-state index < -0.39 is 0 Å². The highest BCUT2D eigenvalue weighted by Gasteiger charge is 2.18. The van der Waals surface area contributed by atoms with E-state index in [1.165, 1.54) is 70.2 Å². The first-order valence-electron chi connectivity index (χ1n) is 20.3. The highest BCUT2D eigenvalue weighted by Crippen LogP contribution is 2.44. The Balaban J connectivity index is 1.04. The number of benzene rings is 10. The minimum absolute atomic E-state index is 0.632. The molecule has 0 saturated carbocycles. The molecule has 3 nitrogen and oxygen atoms in total. The van der Waals surface area contributed by atoms with Crippen molar-refractivity contribution in [2.45, 2.75) is 0 Å². The van der Waals surface area contributed by atoms with Gasteiger partial charge in [0.05, 0.1) is 23.0 Å². The maximum atomic E-state index is 9.43. The Morgan fingerprint density at radius 3 is 1.47 bits per heavy atom. The third-order valence-electron chi connectivity index (χ3n) is 12.2. The fourth-order valence-corrected chi connectivity index (χ4v) is 9.42. The molecule has 1 aromatic heterocycles. The van der Waals surface area contributed by atoms with Crippen molar-refractivity contribution in [1.82, 2.24) is 9.97 Å². The second kappa shape index (κ2) is 13.5. The van der Waals surface area contributed by atoms with Crippen LogP contribution >= 0.6 is 0 Å². The van der Waals surface area contributed by atoms with Gasteiger partial charge in [-0.3, -0.25) is 0 Å². The molecule has 11 aromatic carbocycles. The topological polar surface area (TPSA) is 49.6 Å². The van der Waals surface area contributed by atoms with Gasteiger partial charge in [-0.05, 0) is 117 Å². The smallest absolute Gasteiger partial charge is 0.160 e. The van der Waals surface area contributed by atoms with Gasteiger partial charge >= 0.3 is 0 Å². The maximum absolute atomic E-state index is 9.43. The van der Waals surface area contributed by atoms with E-state index >= 15 is 0 Å². The molecule has 0 N–H and O–H groups in total. The van der Waals surface area contributed by atoms with E-state index in [4.69, 9.17) is 9.97 Å². The van der Waals surface area contributed by atoms with Gasteiger partial charge in [0.25, 0.3) is 0 Å². The van der Waals surface area contributed by atoms with Crippen LogP contribution in [0.5, 0.6) is 0 Å². The van der Waals surface area contributed by atoms with Crippen LogP contribution in [-0.2, 0) is 0 Å². The summed E-state index contributed by atoms with van der Waals surface area (Å²) in [5.74, 6) is 0.666. The predicted molar refractivity (Wildman–Crippen MR) is 250 cm³/mol. The van der Waals surface area contributed by atoms with Crippen molar-refractivity contribution in [2.24, 2.45) is 0 Å². The zero-order valence-electron chi connectivity index (χ0n) is 32.4. The van der Waals surface area contributed by atoms with Gasteiger partial charge in [0.2, 0.25) is 0 Å². The highest BCUT2D eigenvalue weighted by molar-refractivity contribution is 6.37. The summed E-state index contributed by atoms with van der Waals surface area (Å²) in [7, 11) is 0. The Hall–Kier alpha value is -8.19. The average molecular weight is 760 g/mol. The van der Waals surface area contributed by atoms with Crippen molar-refractivity contribution < 1.29 is 0 Å². The second-order valence-electron chi connectivity index (χ2n) is 15.6. The van der Waals surface area contributed by atoms with E-state index in [1.807, 2.05) is 54.6 Å². The predicted octanol–water partition coefficient (Wildman–Crippen LogP) is 15.0. The zero-order chi connectivity index (χ0) is 39.7. The fraction of sp³-hybridized carbons (Fsp3) is 0. The van der Waals surface area contributed by atoms with Crippen LogP contribution in [0.3, 0.4) is 0 Å². The first kappa shape index (κ1) is 33.9. The van der Waals surface area contributed by atoms with E-state index in [9.17, 15) is 5.26 Å². The van der Waals surface area contributed by atoms with Crippen LogP contribution in [-0.4, -0.2) is 9.97 Å². The SMILES string of the molecule is N#Cc1ccc(-c2ccccc2-c2cc(-c3ccc(-c4cc5ccc6cccc7c8cccc9ccc%10cccc(c(c4)c5c67)c%10c98)cc3)nc(-c3ccccc3)n2)cc1. The summed E-state index contributed by atoms with van der Waals surface area (Å²) in [6.07, 6.45) is 0. The van der Waals surface area contributed by atoms with Gasteiger partial charge in [-0.15, -0.1) is 0 Å². The lowest BCUT2D eigenvalue weighted by Crippen LogP contribution is -1.97. The van der Waals surface area contributed by atoms with Gasteiger partial charge in [-0.1, -0.05) is 170 Å². The molecule has 0 aliphatic rings. The molecule has 1 heterocycles. The summed E-state index contributed by atoms with van der Waals surface area (Å²) in [6, 6.07) is 73.5. The lowest BCUT2D eigenvalue weighted by molar-refractivity contribution is 1.18. The lowest BCUT2D eigenvalue weighted by Gasteiger charge is -2.17. The Labute approximate surface area is 346 Å². The third kappa shape index (κ3) is 5.36.